The van der Waals surface area contributed by atoms with E-state index in [0.717, 1.165) is 16.9 Å². The summed E-state index contributed by atoms with van der Waals surface area (Å²) in [7, 11) is 0. The van der Waals surface area contributed by atoms with Crippen LogP contribution in [0.2, 0.25) is 0 Å². The molecule has 0 spiro atoms. The maximum absolute atomic E-state index is 11.6. The second-order valence-corrected chi connectivity index (χ2v) is 4.96. The molecule has 0 atom stereocenters. The summed E-state index contributed by atoms with van der Waals surface area (Å²) in [5, 5.41) is 10.2. The number of esters is 1. The predicted octanol–water partition coefficient (Wildman–Crippen LogP) is 2.42. The summed E-state index contributed by atoms with van der Waals surface area (Å²) in [6.45, 7) is 2.14. The summed E-state index contributed by atoms with van der Waals surface area (Å²) in [4.78, 5) is 15.7. The first kappa shape index (κ1) is 12.7. The molecule has 0 saturated heterocycles. The van der Waals surface area contributed by atoms with E-state index in [9.17, 15) is 9.90 Å². The molecule has 7 heteroatoms. The lowest BCUT2D eigenvalue weighted by Crippen LogP contribution is -2.02. The van der Waals surface area contributed by atoms with Gasteiger partial charge in [-0.05, 0) is 25.1 Å². The summed E-state index contributed by atoms with van der Waals surface area (Å²) in [6, 6.07) is 5.32. The maximum atomic E-state index is 11.6. The first-order valence-electron chi connectivity index (χ1n) is 5.96. The van der Waals surface area contributed by atoms with Crippen molar-refractivity contribution in [2.45, 2.75) is 6.92 Å². The smallest absolute Gasteiger partial charge is 0.353 e. The van der Waals surface area contributed by atoms with Gasteiger partial charge in [0.1, 0.15) is 5.01 Å². The molecule has 104 valence electrons. The molecule has 1 aliphatic rings. The van der Waals surface area contributed by atoms with Crippen molar-refractivity contribution in [2.75, 3.05) is 13.4 Å². The van der Waals surface area contributed by atoms with Crippen molar-refractivity contribution in [2.24, 2.45) is 0 Å². The minimum Gasteiger partial charge on any atom is -0.492 e. The second kappa shape index (κ2) is 5.01. The van der Waals surface area contributed by atoms with Crippen molar-refractivity contribution >= 4 is 17.3 Å². The Labute approximate surface area is 118 Å². The van der Waals surface area contributed by atoms with E-state index in [1.807, 2.05) is 0 Å². The quantitative estimate of drug-likeness (QED) is 0.876. The van der Waals surface area contributed by atoms with Crippen LogP contribution in [-0.2, 0) is 4.74 Å². The van der Waals surface area contributed by atoms with Crippen molar-refractivity contribution < 1.29 is 24.1 Å². The number of thiazole rings is 1. The molecule has 20 heavy (non-hydrogen) atoms. The second-order valence-electron chi connectivity index (χ2n) is 3.96. The SMILES string of the molecule is CCOC(=O)c1sc(-c2ccc3c(c2)OCO3)nc1O. The van der Waals surface area contributed by atoms with Gasteiger partial charge in [-0.3, -0.25) is 0 Å². The van der Waals surface area contributed by atoms with Gasteiger partial charge in [-0.1, -0.05) is 0 Å². The van der Waals surface area contributed by atoms with Crippen molar-refractivity contribution in [3.8, 4) is 28.0 Å². The van der Waals surface area contributed by atoms with Crippen LogP contribution in [0.25, 0.3) is 10.6 Å². The molecule has 1 aliphatic heterocycles. The highest BCUT2D eigenvalue weighted by molar-refractivity contribution is 7.17. The lowest BCUT2D eigenvalue weighted by molar-refractivity contribution is 0.0528. The average molecular weight is 293 g/mol. The van der Waals surface area contributed by atoms with Crippen LogP contribution >= 0.6 is 11.3 Å². The highest BCUT2D eigenvalue weighted by Crippen LogP contribution is 2.38. The van der Waals surface area contributed by atoms with E-state index in [1.54, 1.807) is 25.1 Å². The zero-order valence-corrected chi connectivity index (χ0v) is 11.4. The summed E-state index contributed by atoms with van der Waals surface area (Å²) in [6.07, 6.45) is 0. The third kappa shape index (κ3) is 2.16. The zero-order chi connectivity index (χ0) is 14.1. The van der Waals surface area contributed by atoms with E-state index >= 15 is 0 Å². The molecule has 3 rings (SSSR count). The van der Waals surface area contributed by atoms with Gasteiger partial charge in [-0.15, -0.1) is 11.3 Å². The first-order valence-corrected chi connectivity index (χ1v) is 6.77. The van der Waals surface area contributed by atoms with Gasteiger partial charge in [0.2, 0.25) is 12.7 Å². The molecule has 0 aliphatic carbocycles. The number of fused-ring (bicyclic) bond motifs is 1. The van der Waals surface area contributed by atoms with Crippen molar-refractivity contribution in [1.82, 2.24) is 4.98 Å². The fourth-order valence-electron chi connectivity index (χ4n) is 1.79. The number of hydrogen-bond donors (Lipinski definition) is 1. The number of rotatable bonds is 3. The Bertz CT molecular complexity index is 667. The number of aromatic nitrogens is 1. The third-order valence-corrected chi connectivity index (χ3v) is 3.76. The standard InChI is InChI=1S/C13H11NO5S/c1-2-17-13(16)10-11(15)14-12(20-10)7-3-4-8-9(5-7)19-6-18-8/h3-5,15H,2,6H2,1H3. The van der Waals surface area contributed by atoms with Crippen molar-refractivity contribution in [1.29, 1.82) is 0 Å². The minimum atomic E-state index is -0.575. The molecule has 0 fully saturated rings. The Balaban J connectivity index is 1.95. The molecular weight excluding hydrogens is 282 g/mol. The van der Waals surface area contributed by atoms with Crippen molar-refractivity contribution in [3.63, 3.8) is 0 Å². The van der Waals surface area contributed by atoms with Gasteiger partial charge in [0.15, 0.2) is 16.4 Å². The number of nitrogens with zero attached hydrogens (tertiary/aromatic N) is 1. The zero-order valence-electron chi connectivity index (χ0n) is 10.6. The lowest BCUT2D eigenvalue weighted by atomic mass is 10.2. The number of aromatic hydroxyl groups is 1. The number of hydrogen-bond acceptors (Lipinski definition) is 7. The number of benzene rings is 1. The van der Waals surface area contributed by atoms with Gasteiger partial charge < -0.3 is 19.3 Å². The topological polar surface area (TPSA) is 77.9 Å². The van der Waals surface area contributed by atoms with Crippen LogP contribution in [0.1, 0.15) is 16.6 Å². The van der Waals surface area contributed by atoms with Gasteiger partial charge in [0.05, 0.1) is 6.61 Å². The molecule has 0 saturated carbocycles. The van der Waals surface area contributed by atoms with Gasteiger partial charge in [0, 0.05) is 5.56 Å². The van der Waals surface area contributed by atoms with Gasteiger partial charge >= 0.3 is 5.97 Å². The maximum Gasteiger partial charge on any atom is 0.353 e. The van der Waals surface area contributed by atoms with Crippen LogP contribution < -0.4 is 9.47 Å². The Morgan fingerprint density at radius 2 is 2.25 bits per heavy atom. The molecule has 0 unspecified atom stereocenters. The molecule has 1 aromatic heterocycles. The normalized spacial score (nSPS) is 12.4. The van der Waals surface area contributed by atoms with Crippen LogP contribution in [0.5, 0.6) is 17.4 Å². The minimum absolute atomic E-state index is 0.0968. The molecule has 0 amide bonds. The van der Waals surface area contributed by atoms with E-state index in [2.05, 4.69) is 4.98 Å². The molecule has 1 aromatic carbocycles. The monoisotopic (exact) mass is 293 g/mol. The Hall–Kier alpha value is -2.28. The Morgan fingerprint density at radius 3 is 3.05 bits per heavy atom. The summed E-state index contributed by atoms with van der Waals surface area (Å²) < 4.78 is 15.4. The van der Waals surface area contributed by atoms with E-state index in [1.165, 1.54) is 0 Å². The van der Waals surface area contributed by atoms with Crippen LogP contribution in [0.3, 0.4) is 0 Å². The predicted molar refractivity (Wildman–Crippen MR) is 71.3 cm³/mol. The Kier molecular flexibility index (Phi) is 3.19. The van der Waals surface area contributed by atoms with Crippen LogP contribution in [0, 0.1) is 0 Å². The van der Waals surface area contributed by atoms with Crippen LogP contribution in [-0.4, -0.2) is 29.5 Å². The molecule has 2 aromatic rings. The fraction of sp³-hybridized carbons (Fsp3) is 0.231. The molecule has 1 N–H and O–H groups in total. The summed E-state index contributed by atoms with van der Waals surface area (Å²) in [5.41, 5.74) is 0.741. The van der Waals surface area contributed by atoms with Crippen molar-refractivity contribution in [3.05, 3.63) is 23.1 Å². The molecule has 6 nitrogen and oxygen atoms in total. The number of ether oxygens (including phenoxy) is 3. The number of carbonyl (C=O) groups is 1. The fourth-order valence-corrected chi connectivity index (χ4v) is 2.64. The summed E-state index contributed by atoms with van der Waals surface area (Å²) in [5.74, 6) is 0.394. The first-order chi connectivity index (χ1) is 9.69. The lowest BCUT2D eigenvalue weighted by Gasteiger charge is -1.99. The van der Waals surface area contributed by atoms with Gasteiger partial charge in [-0.2, -0.15) is 0 Å². The average Bonchev–Trinajstić information content (AvgIpc) is 3.04. The molecule has 2 heterocycles. The van der Waals surface area contributed by atoms with E-state index in [4.69, 9.17) is 14.2 Å². The highest BCUT2D eigenvalue weighted by Gasteiger charge is 2.21. The summed E-state index contributed by atoms with van der Waals surface area (Å²) >= 11 is 1.07. The van der Waals surface area contributed by atoms with E-state index in [0.29, 0.717) is 16.5 Å². The van der Waals surface area contributed by atoms with Crippen LogP contribution in [0.4, 0.5) is 0 Å². The van der Waals surface area contributed by atoms with Gasteiger partial charge in [0.25, 0.3) is 0 Å². The van der Waals surface area contributed by atoms with Gasteiger partial charge in [-0.25, -0.2) is 9.78 Å². The highest BCUT2D eigenvalue weighted by atomic mass is 32.1. The largest absolute Gasteiger partial charge is 0.492 e. The Morgan fingerprint density at radius 1 is 1.45 bits per heavy atom. The van der Waals surface area contributed by atoms with E-state index < -0.39 is 5.97 Å². The molecular formula is C13H11NO5S. The van der Waals surface area contributed by atoms with Crippen LogP contribution in [0.15, 0.2) is 18.2 Å². The molecule has 0 radical (unpaired) electrons. The molecule has 0 bridgehead atoms. The third-order valence-electron chi connectivity index (χ3n) is 2.69. The number of carbonyl (C=O) groups excluding carboxylic acids is 1. The van der Waals surface area contributed by atoms with E-state index in [-0.39, 0.29) is 24.2 Å².